The van der Waals surface area contributed by atoms with Gasteiger partial charge in [0.1, 0.15) is 5.75 Å². The number of aromatic nitrogens is 2. The van der Waals surface area contributed by atoms with Crippen molar-refractivity contribution < 1.29 is 4.74 Å². The van der Waals surface area contributed by atoms with E-state index < -0.39 is 0 Å². The Kier molecular flexibility index (Phi) is 2.86. The van der Waals surface area contributed by atoms with Gasteiger partial charge in [-0.05, 0) is 24.3 Å². The van der Waals surface area contributed by atoms with Crippen LogP contribution in [0.15, 0.2) is 41.8 Å². The van der Waals surface area contributed by atoms with E-state index in [4.69, 9.17) is 10.6 Å². The molecular formula is C11H12N4O. The molecule has 16 heavy (non-hydrogen) atoms. The summed E-state index contributed by atoms with van der Waals surface area (Å²) in [6.07, 6.45) is 5.14. The molecule has 0 spiro atoms. The summed E-state index contributed by atoms with van der Waals surface area (Å²) in [6.45, 7) is 0. The maximum absolute atomic E-state index is 5.17. The normalized spacial score (nSPS) is 10.8. The van der Waals surface area contributed by atoms with Crippen LogP contribution in [0.25, 0.3) is 5.69 Å². The van der Waals surface area contributed by atoms with Gasteiger partial charge in [0.2, 0.25) is 0 Å². The van der Waals surface area contributed by atoms with Crippen molar-refractivity contribution in [1.29, 1.82) is 0 Å². The Labute approximate surface area is 93.1 Å². The third-order valence-corrected chi connectivity index (χ3v) is 2.20. The second-order valence-electron chi connectivity index (χ2n) is 3.15. The zero-order valence-electron chi connectivity index (χ0n) is 8.87. The van der Waals surface area contributed by atoms with Crippen LogP contribution in [0.3, 0.4) is 0 Å². The summed E-state index contributed by atoms with van der Waals surface area (Å²) in [5.74, 6) is 5.93. The molecule has 0 bridgehead atoms. The molecule has 0 radical (unpaired) electrons. The topological polar surface area (TPSA) is 65.4 Å². The lowest BCUT2D eigenvalue weighted by atomic mass is 10.2. The molecule has 2 N–H and O–H groups in total. The number of nitrogens with two attached hydrogens (primary N) is 1. The van der Waals surface area contributed by atoms with Gasteiger partial charge < -0.3 is 10.6 Å². The fraction of sp³-hybridized carbons (Fsp3) is 0.0909. The Hall–Kier alpha value is -2.30. The summed E-state index contributed by atoms with van der Waals surface area (Å²) >= 11 is 0. The van der Waals surface area contributed by atoms with Crippen LogP contribution in [-0.4, -0.2) is 23.1 Å². The number of ether oxygens (including phenoxy) is 1. The first-order valence-corrected chi connectivity index (χ1v) is 4.76. The fourth-order valence-corrected chi connectivity index (χ4v) is 1.46. The molecule has 5 heteroatoms. The number of hydrogen-bond acceptors (Lipinski definition) is 4. The molecule has 5 nitrogen and oxygen atoms in total. The van der Waals surface area contributed by atoms with Crippen LogP contribution in [0.2, 0.25) is 0 Å². The van der Waals surface area contributed by atoms with E-state index in [1.165, 1.54) is 0 Å². The Morgan fingerprint density at radius 2 is 2.38 bits per heavy atom. The fourth-order valence-electron chi connectivity index (χ4n) is 1.46. The van der Waals surface area contributed by atoms with Crippen LogP contribution in [0, 0.1) is 0 Å². The molecule has 0 saturated carbocycles. The van der Waals surface area contributed by atoms with E-state index in [0.717, 1.165) is 17.0 Å². The Morgan fingerprint density at radius 1 is 1.50 bits per heavy atom. The van der Waals surface area contributed by atoms with E-state index in [1.54, 1.807) is 24.2 Å². The van der Waals surface area contributed by atoms with Crippen molar-refractivity contribution in [1.82, 2.24) is 9.78 Å². The summed E-state index contributed by atoms with van der Waals surface area (Å²) in [7, 11) is 1.62. The van der Waals surface area contributed by atoms with Gasteiger partial charge in [0.25, 0.3) is 0 Å². The lowest BCUT2D eigenvalue weighted by molar-refractivity contribution is 0.414. The third-order valence-electron chi connectivity index (χ3n) is 2.20. The van der Waals surface area contributed by atoms with Crippen molar-refractivity contribution in [2.24, 2.45) is 10.9 Å². The first kappa shape index (κ1) is 10.2. The second-order valence-corrected chi connectivity index (χ2v) is 3.15. The molecule has 0 unspecified atom stereocenters. The average Bonchev–Trinajstić information content (AvgIpc) is 2.83. The molecule has 2 aromatic rings. The predicted octanol–water partition coefficient (Wildman–Crippen LogP) is 1.17. The number of hydrogen-bond donors (Lipinski definition) is 1. The molecule has 0 saturated heterocycles. The zero-order valence-corrected chi connectivity index (χ0v) is 8.87. The Morgan fingerprint density at radius 3 is 3.00 bits per heavy atom. The maximum Gasteiger partial charge on any atom is 0.119 e. The molecule has 0 aliphatic carbocycles. The third kappa shape index (κ3) is 1.88. The van der Waals surface area contributed by atoms with Gasteiger partial charge in [-0.3, -0.25) is 0 Å². The van der Waals surface area contributed by atoms with Crippen LogP contribution in [-0.2, 0) is 0 Å². The summed E-state index contributed by atoms with van der Waals surface area (Å²) in [4.78, 5) is 0. The summed E-state index contributed by atoms with van der Waals surface area (Å²) in [5.41, 5.74) is 1.76. The number of nitrogens with zero attached hydrogens (tertiary/aromatic N) is 3. The molecule has 2 rings (SSSR count). The van der Waals surface area contributed by atoms with Gasteiger partial charge in [0.15, 0.2) is 0 Å². The van der Waals surface area contributed by atoms with Crippen LogP contribution >= 0.6 is 0 Å². The molecule has 0 aliphatic rings. The van der Waals surface area contributed by atoms with Gasteiger partial charge in [0.05, 0.1) is 19.0 Å². The standard InChI is InChI=1S/C11H12N4O/c1-16-10-3-4-11(9(7-10)8-13-12)15-6-2-5-14-15/h2-8H,12H2,1H3. The van der Waals surface area contributed by atoms with Gasteiger partial charge in [-0.15, -0.1) is 0 Å². The Balaban J connectivity index is 2.52. The molecule has 1 aromatic carbocycles. The number of rotatable bonds is 3. The average molecular weight is 216 g/mol. The van der Waals surface area contributed by atoms with Crippen LogP contribution < -0.4 is 10.6 Å². The highest BCUT2D eigenvalue weighted by Gasteiger charge is 2.04. The van der Waals surface area contributed by atoms with Crippen molar-refractivity contribution >= 4 is 6.21 Å². The maximum atomic E-state index is 5.17. The van der Waals surface area contributed by atoms with E-state index in [1.807, 2.05) is 30.5 Å². The van der Waals surface area contributed by atoms with Crippen molar-refractivity contribution in [3.05, 3.63) is 42.2 Å². The molecule has 0 aliphatic heterocycles. The van der Waals surface area contributed by atoms with E-state index in [9.17, 15) is 0 Å². The highest BCUT2D eigenvalue weighted by atomic mass is 16.5. The SMILES string of the molecule is COc1ccc(-n2cccn2)c(C=NN)c1. The van der Waals surface area contributed by atoms with Crippen LogP contribution in [0.5, 0.6) is 5.75 Å². The molecule has 1 aromatic heterocycles. The van der Waals surface area contributed by atoms with Gasteiger partial charge in [-0.25, -0.2) is 4.68 Å². The molecule has 1 heterocycles. The van der Waals surface area contributed by atoms with E-state index in [0.29, 0.717) is 0 Å². The quantitative estimate of drug-likeness (QED) is 0.476. The van der Waals surface area contributed by atoms with Gasteiger partial charge in [-0.1, -0.05) is 0 Å². The lowest BCUT2D eigenvalue weighted by Gasteiger charge is -2.07. The molecule has 0 atom stereocenters. The van der Waals surface area contributed by atoms with Crippen molar-refractivity contribution in [3.63, 3.8) is 0 Å². The minimum atomic E-state index is 0.755. The van der Waals surface area contributed by atoms with Crippen molar-refractivity contribution in [2.45, 2.75) is 0 Å². The highest BCUT2D eigenvalue weighted by molar-refractivity contribution is 5.85. The smallest absolute Gasteiger partial charge is 0.119 e. The second kappa shape index (κ2) is 4.48. The van der Waals surface area contributed by atoms with E-state index >= 15 is 0 Å². The minimum absolute atomic E-state index is 0.755. The lowest BCUT2D eigenvalue weighted by Crippen LogP contribution is -2.01. The largest absolute Gasteiger partial charge is 0.497 e. The minimum Gasteiger partial charge on any atom is -0.497 e. The molecular weight excluding hydrogens is 204 g/mol. The molecule has 0 amide bonds. The van der Waals surface area contributed by atoms with Crippen LogP contribution in [0.1, 0.15) is 5.56 Å². The number of methoxy groups -OCH3 is 1. The number of benzene rings is 1. The predicted molar refractivity (Wildman–Crippen MR) is 61.9 cm³/mol. The van der Waals surface area contributed by atoms with Gasteiger partial charge >= 0.3 is 0 Å². The van der Waals surface area contributed by atoms with E-state index in [2.05, 4.69) is 10.2 Å². The zero-order chi connectivity index (χ0) is 11.4. The molecule has 82 valence electrons. The summed E-state index contributed by atoms with van der Waals surface area (Å²) in [5, 5.41) is 7.69. The van der Waals surface area contributed by atoms with E-state index in [-0.39, 0.29) is 0 Å². The molecule has 0 fully saturated rings. The van der Waals surface area contributed by atoms with Gasteiger partial charge in [0, 0.05) is 18.0 Å². The summed E-state index contributed by atoms with van der Waals surface area (Å²) < 4.78 is 6.89. The van der Waals surface area contributed by atoms with Gasteiger partial charge in [-0.2, -0.15) is 10.2 Å². The first-order chi connectivity index (χ1) is 7.85. The highest BCUT2D eigenvalue weighted by Crippen LogP contribution is 2.19. The van der Waals surface area contributed by atoms with Crippen molar-refractivity contribution in [3.8, 4) is 11.4 Å². The Bertz CT molecular complexity index is 491. The first-order valence-electron chi connectivity index (χ1n) is 4.76. The number of hydrazone groups is 1. The summed E-state index contributed by atoms with van der Waals surface area (Å²) in [6, 6.07) is 7.48. The monoisotopic (exact) mass is 216 g/mol. The van der Waals surface area contributed by atoms with Crippen molar-refractivity contribution in [2.75, 3.05) is 7.11 Å². The van der Waals surface area contributed by atoms with Crippen LogP contribution in [0.4, 0.5) is 0 Å².